The van der Waals surface area contributed by atoms with Gasteiger partial charge in [0.2, 0.25) is 0 Å². The topological polar surface area (TPSA) is 9.23 Å². The minimum Gasteiger partial charge on any atom is -0.428 e. The second kappa shape index (κ2) is 5.88. The molecular weight excluding hydrogens is 258 g/mol. The number of hydrogen-bond acceptors (Lipinski definition) is 2. The summed E-state index contributed by atoms with van der Waals surface area (Å²) in [4.78, 5) is 0. The summed E-state index contributed by atoms with van der Waals surface area (Å²) in [5.74, 6) is -0.0709. The van der Waals surface area contributed by atoms with Gasteiger partial charge >= 0.3 is 7.48 Å². The van der Waals surface area contributed by atoms with Crippen LogP contribution < -0.4 is 5.46 Å². The molecule has 0 spiro atoms. The van der Waals surface area contributed by atoms with E-state index in [0.29, 0.717) is 5.56 Å². The zero-order valence-corrected chi connectivity index (χ0v) is 13.5. The molecule has 1 radical (unpaired) electrons. The van der Waals surface area contributed by atoms with Crippen molar-refractivity contribution >= 4 is 25.6 Å². The Bertz CT molecular complexity index is 438. The molecule has 0 aliphatic rings. The Balaban J connectivity index is 2.93. The lowest BCUT2D eigenvalue weighted by atomic mass is 9.78. The zero-order chi connectivity index (χ0) is 14.8. The molecular formula is C15H23BFOS. The molecule has 4 heteroatoms. The van der Waals surface area contributed by atoms with Crippen LogP contribution in [0.2, 0.25) is 0 Å². The molecule has 0 aromatic heterocycles. The number of rotatable bonds is 5. The summed E-state index contributed by atoms with van der Waals surface area (Å²) in [5, 5.41) is 0. The van der Waals surface area contributed by atoms with Crippen molar-refractivity contribution in [1.82, 2.24) is 0 Å². The van der Waals surface area contributed by atoms with E-state index in [-0.39, 0.29) is 16.5 Å². The molecule has 0 saturated carbocycles. The van der Waals surface area contributed by atoms with Gasteiger partial charge in [-0.3, -0.25) is 0 Å². The highest BCUT2D eigenvalue weighted by atomic mass is 32.1. The summed E-state index contributed by atoms with van der Waals surface area (Å²) in [7, 11) is 1.65. The van der Waals surface area contributed by atoms with Gasteiger partial charge in [0.25, 0.3) is 0 Å². The molecule has 0 amide bonds. The average molecular weight is 281 g/mol. The van der Waals surface area contributed by atoms with E-state index in [4.69, 9.17) is 4.65 Å². The van der Waals surface area contributed by atoms with E-state index in [1.54, 1.807) is 13.5 Å². The minimum atomic E-state index is -0.448. The van der Waals surface area contributed by atoms with Crippen LogP contribution >= 0.6 is 12.6 Å². The summed E-state index contributed by atoms with van der Waals surface area (Å²) >= 11 is 4.55. The standard InChI is InChI=1S/C15H23BFOS/c1-10(2)13-11(8-7-9-12(13)17)16-18-14(3,4)15(5,6)19/h7-10,19H,1-6H3. The van der Waals surface area contributed by atoms with Crippen molar-refractivity contribution in [2.45, 2.75) is 57.8 Å². The first-order valence-corrected chi connectivity index (χ1v) is 7.03. The molecule has 0 aliphatic carbocycles. The van der Waals surface area contributed by atoms with Gasteiger partial charge in [0.05, 0.1) is 5.60 Å². The van der Waals surface area contributed by atoms with Crippen molar-refractivity contribution in [2.75, 3.05) is 0 Å². The molecule has 0 bridgehead atoms. The summed E-state index contributed by atoms with van der Waals surface area (Å²) in [6, 6.07) is 5.07. The Labute approximate surface area is 122 Å². The van der Waals surface area contributed by atoms with Crippen molar-refractivity contribution in [1.29, 1.82) is 0 Å². The van der Waals surface area contributed by atoms with E-state index in [9.17, 15) is 4.39 Å². The van der Waals surface area contributed by atoms with Crippen molar-refractivity contribution in [3.63, 3.8) is 0 Å². The first-order chi connectivity index (χ1) is 8.56. The van der Waals surface area contributed by atoms with E-state index in [1.165, 1.54) is 6.07 Å². The van der Waals surface area contributed by atoms with Crippen molar-refractivity contribution in [3.8, 4) is 0 Å². The number of benzene rings is 1. The predicted molar refractivity (Wildman–Crippen MR) is 84.1 cm³/mol. The van der Waals surface area contributed by atoms with Crippen LogP contribution in [-0.2, 0) is 4.65 Å². The third-order valence-electron chi connectivity index (χ3n) is 3.62. The van der Waals surface area contributed by atoms with E-state index < -0.39 is 5.60 Å². The molecule has 19 heavy (non-hydrogen) atoms. The highest BCUT2D eigenvalue weighted by Crippen LogP contribution is 2.30. The van der Waals surface area contributed by atoms with Gasteiger partial charge in [0.15, 0.2) is 0 Å². The minimum absolute atomic E-state index is 0.114. The Morgan fingerprint density at radius 3 is 2.26 bits per heavy atom. The van der Waals surface area contributed by atoms with E-state index >= 15 is 0 Å². The highest BCUT2D eigenvalue weighted by molar-refractivity contribution is 7.81. The molecule has 0 N–H and O–H groups in total. The Hall–Kier alpha value is -0.475. The van der Waals surface area contributed by atoms with Crippen LogP contribution in [0.15, 0.2) is 18.2 Å². The molecule has 105 valence electrons. The lowest BCUT2D eigenvalue weighted by molar-refractivity contribution is 0.0854. The molecule has 0 heterocycles. The SMILES string of the molecule is CC(C)c1c(F)cccc1[B]OC(C)(C)C(C)(C)S. The number of thiol groups is 1. The van der Waals surface area contributed by atoms with Gasteiger partial charge in [-0.25, -0.2) is 4.39 Å². The van der Waals surface area contributed by atoms with Crippen LogP contribution in [0.3, 0.4) is 0 Å². The second-order valence-electron chi connectivity index (χ2n) is 6.20. The van der Waals surface area contributed by atoms with Gasteiger partial charge < -0.3 is 4.65 Å². The largest absolute Gasteiger partial charge is 0.428 e. The molecule has 0 aliphatic heterocycles. The van der Waals surface area contributed by atoms with Gasteiger partial charge in [0, 0.05) is 4.75 Å². The Morgan fingerprint density at radius 1 is 1.21 bits per heavy atom. The maximum atomic E-state index is 13.9. The fourth-order valence-corrected chi connectivity index (χ4v) is 1.67. The number of halogens is 1. The molecule has 0 atom stereocenters. The van der Waals surface area contributed by atoms with Gasteiger partial charge in [-0.05, 0) is 50.7 Å². The third-order valence-corrected chi connectivity index (χ3v) is 4.16. The van der Waals surface area contributed by atoms with E-state index in [2.05, 4.69) is 12.6 Å². The normalized spacial score (nSPS) is 12.9. The maximum absolute atomic E-state index is 13.9. The van der Waals surface area contributed by atoms with Crippen LogP contribution in [0.5, 0.6) is 0 Å². The van der Waals surface area contributed by atoms with Crippen LogP contribution in [0.25, 0.3) is 0 Å². The van der Waals surface area contributed by atoms with Crippen LogP contribution in [0.1, 0.15) is 53.0 Å². The van der Waals surface area contributed by atoms with Gasteiger partial charge in [-0.15, -0.1) is 0 Å². The second-order valence-corrected chi connectivity index (χ2v) is 7.32. The summed E-state index contributed by atoms with van der Waals surface area (Å²) in [6.45, 7) is 11.9. The molecule has 0 unspecified atom stereocenters. The summed E-state index contributed by atoms with van der Waals surface area (Å²) in [5.41, 5.74) is 1.03. The third kappa shape index (κ3) is 3.99. The summed E-state index contributed by atoms with van der Waals surface area (Å²) in [6.07, 6.45) is 0. The molecule has 1 aromatic rings. The van der Waals surface area contributed by atoms with Crippen LogP contribution in [-0.4, -0.2) is 17.8 Å². The zero-order valence-electron chi connectivity index (χ0n) is 12.6. The van der Waals surface area contributed by atoms with Crippen LogP contribution in [0.4, 0.5) is 4.39 Å². The van der Waals surface area contributed by atoms with E-state index in [1.807, 2.05) is 47.6 Å². The quantitative estimate of drug-likeness (QED) is 0.639. The van der Waals surface area contributed by atoms with Gasteiger partial charge in [0.1, 0.15) is 5.82 Å². The average Bonchev–Trinajstić information content (AvgIpc) is 2.24. The first-order valence-electron chi connectivity index (χ1n) is 6.58. The predicted octanol–water partition coefficient (Wildman–Crippen LogP) is 3.70. The fourth-order valence-electron chi connectivity index (χ4n) is 1.62. The fraction of sp³-hybridized carbons (Fsp3) is 0.600. The Kier molecular flexibility index (Phi) is 5.13. The van der Waals surface area contributed by atoms with Gasteiger partial charge in [-0.2, -0.15) is 12.6 Å². The van der Waals surface area contributed by atoms with Crippen molar-refractivity contribution < 1.29 is 9.04 Å². The first kappa shape index (κ1) is 16.6. The maximum Gasteiger partial charge on any atom is 0.331 e. The Morgan fingerprint density at radius 2 is 1.79 bits per heavy atom. The van der Waals surface area contributed by atoms with Crippen molar-refractivity contribution in [2.24, 2.45) is 0 Å². The molecule has 1 aromatic carbocycles. The van der Waals surface area contributed by atoms with Gasteiger partial charge in [-0.1, -0.05) is 26.0 Å². The molecule has 0 saturated heterocycles. The number of hydrogen-bond donors (Lipinski definition) is 1. The summed E-state index contributed by atoms with van der Waals surface area (Å²) < 4.78 is 19.4. The lowest BCUT2D eigenvalue weighted by Crippen LogP contribution is -2.46. The smallest absolute Gasteiger partial charge is 0.331 e. The van der Waals surface area contributed by atoms with E-state index in [0.717, 1.165) is 5.46 Å². The highest BCUT2D eigenvalue weighted by Gasteiger charge is 2.34. The lowest BCUT2D eigenvalue weighted by Gasteiger charge is -2.38. The van der Waals surface area contributed by atoms with Crippen molar-refractivity contribution in [3.05, 3.63) is 29.6 Å². The van der Waals surface area contributed by atoms with Crippen LogP contribution in [0, 0.1) is 5.82 Å². The molecule has 1 nitrogen and oxygen atoms in total. The molecule has 1 rings (SSSR count). The monoisotopic (exact) mass is 281 g/mol. The molecule has 0 fully saturated rings.